The summed E-state index contributed by atoms with van der Waals surface area (Å²) >= 11 is 5.92. The van der Waals surface area contributed by atoms with Crippen molar-refractivity contribution >= 4 is 34.3 Å². The van der Waals surface area contributed by atoms with E-state index in [1.165, 1.54) is 0 Å². The number of rotatable bonds is 2. The summed E-state index contributed by atoms with van der Waals surface area (Å²) in [6, 6.07) is 18.9. The Morgan fingerprint density at radius 1 is 0.950 bits per heavy atom. The Balaban J connectivity index is 2.05. The van der Waals surface area contributed by atoms with E-state index >= 15 is 0 Å². The second kappa shape index (κ2) is 5.35. The lowest BCUT2D eigenvalue weighted by atomic mass is 10.1. The number of aliphatic imine (C=N–C) groups is 1. The average molecular weight is 282 g/mol. The minimum absolute atomic E-state index is 0.165. The SMILES string of the molecule is Oc1ccc(Cl)cc1C=Nc1cccc2ccccc12. The molecule has 98 valence electrons. The maximum Gasteiger partial charge on any atom is 0.124 e. The van der Waals surface area contributed by atoms with E-state index in [2.05, 4.69) is 4.99 Å². The number of benzene rings is 3. The molecular weight excluding hydrogens is 270 g/mol. The van der Waals surface area contributed by atoms with Crippen LogP contribution in [0, 0.1) is 0 Å². The summed E-state index contributed by atoms with van der Waals surface area (Å²) < 4.78 is 0. The molecule has 1 N–H and O–H groups in total. The van der Waals surface area contributed by atoms with Gasteiger partial charge in [0.2, 0.25) is 0 Å². The molecule has 0 saturated carbocycles. The van der Waals surface area contributed by atoms with Gasteiger partial charge in [-0.3, -0.25) is 4.99 Å². The number of fused-ring (bicyclic) bond motifs is 1. The van der Waals surface area contributed by atoms with Crippen molar-refractivity contribution < 1.29 is 5.11 Å². The van der Waals surface area contributed by atoms with Crippen molar-refractivity contribution in [2.75, 3.05) is 0 Å². The second-order valence-corrected chi connectivity index (χ2v) is 4.90. The van der Waals surface area contributed by atoms with Crippen molar-refractivity contribution in [2.45, 2.75) is 0 Å². The summed E-state index contributed by atoms with van der Waals surface area (Å²) in [5, 5.41) is 12.6. The van der Waals surface area contributed by atoms with Crippen LogP contribution in [0.4, 0.5) is 5.69 Å². The van der Waals surface area contributed by atoms with Gasteiger partial charge in [-0.1, -0.05) is 48.0 Å². The quantitative estimate of drug-likeness (QED) is 0.662. The van der Waals surface area contributed by atoms with Gasteiger partial charge in [-0.05, 0) is 29.7 Å². The van der Waals surface area contributed by atoms with Gasteiger partial charge in [0.25, 0.3) is 0 Å². The molecule has 0 unspecified atom stereocenters. The van der Waals surface area contributed by atoms with Gasteiger partial charge in [0.1, 0.15) is 5.75 Å². The number of aromatic hydroxyl groups is 1. The molecule has 20 heavy (non-hydrogen) atoms. The Bertz CT molecular complexity index is 791. The monoisotopic (exact) mass is 281 g/mol. The largest absolute Gasteiger partial charge is 0.507 e. The van der Waals surface area contributed by atoms with E-state index in [0.717, 1.165) is 16.5 Å². The molecule has 0 aliphatic carbocycles. The van der Waals surface area contributed by atoms with Crippen LogP contribution >= 0.6 is 11.6 Å². The third-order valence-electron chi connectivity index (χ3n) is 3.10. The second-order valence-electron chi connectivity index (χ2n) is 4.46. The molecule has 0 aromatic heterocycles. The fourth-order valence-electron chi connectivity index (χ4n) is 2.09. The normalized spacial score (nSPS) is 11.2. The average Bonchev–Trinajstić information content (AvgIpc) is 2.48. The van der Waals surface area contributed by atoms with E-state index in [0.29, 0.717) is 10.6 Å². The Hall–Kier alpha value is -2.32. The fraction of sp³-hybridized carbons (Fsp3) is 0. The molecule has 0 amide bonds. The fourth-order valence-corrected chi connectivity index (χ4v) is 2.27. The molecular formula is C17H12ClNO. The Morgan fingerprint density at radius 2 is 1.75 bits per heavy atom. The van der Waals surface area contributed by atoms with Gasteiger partial charge in [-0.25, -0.2) is 0 Å². The summed E-state index contributed by atoms with van der Waals surface area (Å²) in [6.07, 6.45) is 1.63. The van der Waals surface area contributed by atoms with Gasteiger partial charge in [0, 0.05) is 22.2 Å². The molecule has 0 aliphatic heterocycles. The van der Waals surface area contributed by atoms with Crippen molar-refractivity contribution in [2.24, 2.45) is 4.99 Å². The maximum atomic E-state index is 9.78. The lowest BCUT2D eigenvalue weighted by molar-refractivity contribution is 0.474. The first kappa shape index (κ1) is 12.7. The van der Waals surface area contributed by atoms with Gasteiger partial charge in [-0.2, -0.15) is 0 Å². The molecule has 0 saturated heterocycles. The minimum atomic E-state index is 0.165. The van der Waals surface area contributed by atoms with Crippen molar-refractivity contribution in [1.82, 2.24) is 0 Å². The Morgan fingerprint density at radius 3 is 2.65 bits per heavy atom. The first-order valence-corrected chi connectivity index (χ1v) is 6.62. The van der Waals surface area contributed by atoms with Crippen LogP contribution in [-0.4, -0.2) is 11.3 Å². The minimum Gasteiger partial charge on any atom is -0.507 e. The molecule has 0 aliphatic rings. The van der Waals surface area contributed by atoms with Gasteiger partial charge < -0.3 is 5.11 Å². The predicted octanol–water partition coefficient (Wildman–Crippen LogP) is 4.95. The molecule has 3 aromatic carbocycles. The van der Waals surface area contributed by atoms with E-state index in [1.54, 1.807) is 24.4 Å². The maximum absolute atomic E-state index is 9.78. The van der Waals surface area contributed by atoms with Gasteiger partial charge >= 0.3 is 0 Å². The molecule has 0 radical (unpaired) electrons. The number of hydrogen-bond donors (Lipinski definition) is 1. The zero-order chi connectivity index (χ0) is 13.9. The molecule has 0 heterocycles. The molecule has 3 rings (SSSR count). The zero-order valence-electron chi connectivity index (χ0n) is 10.6. The topological polar surface area (TPSA) is 32.6 Å². The summed E-state index contributed by atoms with van der Waals surface area (Å²) in [4.78, 5) is 4.46. The van der Waals surface area contributed by atoms with E-state index in [4.69, 9.17) is 11.6 Å². The molecule has 2 nitrogen and oxygen atoms in total. The van der Waals surface area contributed by atoms with Crippen molar-refractivity contribution in [3.8, 4) is 5.75 Å². The Kier molecular flexibility index (Phi) is 3.40. The third-order valence-corrected chi connectivity index (χ3v) is 3.33. The number of halogens is 1. The van der Waals surface area contributed by atoms with Crippen LogP contribution in [0.2, 0.25) is 5.02 Å². The molecule has 0 atom stereocenters. The van der Waals surface area contributed by atoms with Crippen molar-refractivity contribution in [1.29, 1.82) is 0 Å². The summed E-state index contributed by atoms with van der Waals surface area (Å²) in [7, 11) is 0. The highest BCUT2D eigenvalue weighted by atomic mass is 35.5. The standard InChI is InChI=1S/C17H12ClNO/c18-14-8-9-17(20)13(10-14)11-19-16-7-3-5-12-4-1-2-6-15(12)16/h1-11,20H. The van der Waals surface area contributed by atoms with E-state index in [-0.39, 0.29) is 5.75 Å². The summed E-state index contributed by atoms with van der Waals surface area (Å²) in [6.45, 7) is 0. The molecule has 3 heteroatoms. The zero-order valence-corrected chi connectivity index (χ0v) is 11.4. The van der Waals surface area contributed by atoms with Crippen LogP contribution in [0.5, 0.6) is 5.75 Å². The van der Waals surface area contributed by atoms with Gasteiger partial charge in [0.05, 0.1) is 5.69 Å². The number of hydrogen-bond acceptors (Lipinski definition) is 2. The summed E-state index contributed by atoms with van der Waals surface area (Å²) in [5.41, 5.74) is 1.47. The number of phenolic OH excluding ortho intramolecular Hbond substituents is 1. The van der Waals surface area contributed by atoms with Crippen LogP contribution in [0.3, 0.4) is 0 Å². The highest BCUT2D eigenvalue weighted by Crippen LogP contribution is 2.26. The van der Waals surface area contributed by atoms with Gasteiger partial charge in [-0.15, -0.1) is 0 Å². The highest BCUT2D eigenvalue weighted by molar-refractivity contribution is 6.30. The smallest absolute Gasteiger partial charge is 0.124 e. The molecule has 0 spiro atoms. The molecule has 0 bridgehead atoms. The lowest BCUT2D eigenvalue weighted by Crippen LogP contribution is -1.82. The third kappa shape index (κ3) is 2.51. The molecule has 3 aromatic rings. The lowest BCUT2D eigenvalue weighted by Gasteiger charge is -2.02. The van der Waals surface area contributed by atoms with Crippen molar-refractivity contribution in [3.05, 3.63) is 71.2 Å². The van der Waals surface area contributed by atoms with Crippen LogP contribution < -0.4 is 0 Å². The first-order chi connectivity index (χ1) is 9.74. The van der Waals surface area contributed by atoms with E-state index in [9.17, 15) is 5.11 Å². The van der Waals surface area contributed by atoms with Crippen LogP contribution in [-0.2, 0) is 0 Å². The van der Waals surface area contributed by atoms with Gasteiger partial charge in [0.15, 0.2) is 0 Å². The Labute approximate surface area is 122 Å². The van der Waals surface area contributed by atoms with Crippen LogP contribution in [0.25, 0.3) is 10.8 Å². The van der Waals surface area contributed by atoms with Crippen molar-refractivity contribution in [3.63, 3.8) is 0 Å². The van der Waals surface area contributed by atoms with Crippen LogP contribution in [0.15, 0.2) is 65.7 Å². The summed E-state index contributed by atoms with van der Waals surface area (Å²) in [5.74, 6) is 0.165. The predicted molar refractivity (Wildman–Crippen MR) is 84.3 cm³/mol. The number of nitrogens with zero attached hydrogens (tertiary/aromatic N) is 1. The first-order valence-electron chi connectivity index (χ1n) is 6.24. The number of phenols is 1. The van der Waals surface area contributed by atoms with Crippen LogP contribution in [0.1, 0.15) is 5.56 Å². The highest BCUT2D eigenvalue weighted by Gasteiger charge is 2.01. The van der Waals surface area contributed by atoms with E-state index in [1.807, 2.05) is 42.5 Å². The van der Waals surface area contributed by atoms with E-state index < -0.39 is 0 Å². The molecule has 0 fully saturated rings.